The fourth-order valence-corrected chi connectivity index (χ4v) is 2.37. The molecule has 0 saturated carbocycles. The molecular formula is C13H9Cl3O3. The molecule has 19 heavy (non-hydrogen) atoms. The Morgan fingerprint density at radius 3 is 2.26 bits per heavy atom. The second-order valence-corrected chi connectivity index (χ2v) is 5.37. The van der Waals surface area contributed by atoms with Crippen LogP contribution < -0.4 is 0 Å². The Hall–Kier alpha value is -1.03. The number of ether oxygens (including phenoxy) is 1. The van der Waals surface area contributed by atoms with E-state index in [9.17, 15) is 9.59 Å². The van der Waals surface area contributed by atoms with E-state index in [2.05, 4.69) is 0 Å². The molecular weight excluding hydrogens is 310 g/mol. The number of hydrogen-bond donors (Lipinski definition) is 0. The van der Waals surface area contributed by atoms with Crippen LogP contribution in [0.4, 0.5) is 0 Å². The number of esters is 1. The van der Waals surface area contributed by atoms with Gasteiger partial charge in [-0.05, 0) is 24.3 Å². The Morgan fingerprint density at radius 2 is 1.79 bits per heavy atom. The molecule has 1 aromatic carbocycles. The number of rotatable bonds is 3. The van der Waals surface area contributed by atoms with Gasteiger partial charge in [-0.3, -0.25) is 4.79 Å². The van der Waals surface area contributed by atoms with Crippen molar-refractivity contribution in [3.05, 3.63) is 44.9 Å². The summed E-state index contributed by atoms with van der Waals surface area (Å²) in [6.07, 6.45) is -0.829. The largest absolute Gasteiger partial charge is 0.451 e. The Labute approximate surface area is 125 Å². The smallest absolute Gasteiger partial charge is 0.351 e. The molecule has 0 radical (unpaired) electrons. The van der Waals surface area contributed by atoms with E-state index in [0.29, 0.717) is 10.6 Å². The zero-order chi connectivity index (χ0) is 14.2. The number of hydrogen-bond acceptors (Lipinski definition) is 3. The van der Waals surface area contributed by atoms with Crippen LogP contribution in [0.2, 0.25) is 5.02 Å². The second kappa shape index (κ2) is 5.53. The van der Waals surface area contributed by atoms with Crippen molar-refractivity contribution in [2.24, 2.45) is 5.92 Å². The van der Waals surface area contributed by atoms with Gasteiger partial charge in [0.15, 0.2) is 5.78 Å². The summed E-state index contributed by atoms with van der Waals surface area (Å²) in [5.74, 6) is -1.51. The molecule has 0 aromatic heterocycles. The van der Waals surface area contributed by atoms with Gasteiger partial charge in [-0.2, -0.15) is 0 Å². The average Bonchev–Trinajstić information content (AvgIpc) is 2.66. The molecule has 0 fully saturated rings. The van der Waals surface area contributed by atoms with E-state index in [1.165, 1.54) is 0 Å². The van der Waals surface area contributed by atoms with E-state index in [0.717, 1.165) is 0 Å². The Balaban J connectivity index is 2.21. The van der Waals surface area contributed by atoms with Crippen LogP contribution in [0.3, 0.4) is 0 Å². The van der Waals surface area contributed by atoms with E-state index >= 15 is 0 Å². The van der Waals surface area contributed by atoms with Crippen molar-refractivity contribution in [1.29, 1.82) is 0 Å². The minimum Gasteiger partial charge on any atom is -0.451 e. The van der Waals surface area contributed by atoms with E-state index in [1.807, 2.05) is 0 Å². The molecule has 2 atom stereocenters. The van der Waals surface area contributed by atoms with Crippen molar-refractivity contribution in [2.75, 3.05) is 0 Å². The number of ketones is 1. The number of benzene rings is 1. The van der Waals surface area contributed by atoms with Crippen LogP contribution in [0, 0.1) is 5.92 Å². The molecule has 0 N–H and O–H groups in total. The Bertz CT molecular complexity index is 563. The van der Waals surface area contributed by atoms with Crippen LogP contribution in [-0.2, 0) is 9.53 Å². The predicted molar refractivity (Wildman–Crippen MR) is 73.6 cm³/mol. The first-order valence-corrected chi connectivity index (χ1v) is 6.61. The van der Waals surface area contributed by atoms with Crippen LogP contribution in [0.25, 0.3) is 0 Å². The topological polar surface area (TPSA) is 43.4 Å². The molecule has 2 unspecified atom stereocenters. The monoisotopic (exact) mass is 318 g/mol. The highest BCUT2D eigenvalue weighted by molar-refractivity contribution is 6.48. The molecule has 2 rings (SSSR count). The van der Waals surface area contributed by atoms with Gasteiger partial charge in [-0.15, -0.1) is 0 Å². The summed E-state index contributed by atoms with van der Waals surface area (Å²) in [5, 5.41) is 0.446. The molecule has 0 aliphatic carbocycles. The van der Waals surface area contributed by atoms with E-state index in [-0.39, 0.29) is 15.8 Å². The quantitative estimate of drug-likeness (QED) is 0.629. The zero-order valence-corrected chi connectivity index (χ0v) is 12.1. The Kier molecular flexibility index (Phi) is 4.19. The SMILES string of the molecule is CC(C(=O)c1ccc(Cl)cc1)C1OC(=O)C(Cl)=C1Cl. The third-order valence-corrected chi connectivity index (χ3v) is 3.98. The van der Waals surface area contributed by atoms with Crippen LogP contribution in [0.5, 0.6) is 0 Å². The van der Waals surface area contributed by atoms with Crippen LogP contribution in [-0.4, -0.2) is 17.9 Å². The zero-order valence-electron chi connectivity index (χ0n) is 9.82. The van der Waals surface area contributed by atoms with Gasteiger partial charge >= 0.3 is 5.97 Å². The summed E-state index contributed by atoms with van der Waals surface area (Å²) in [6, 6.07) is 6.45. The third-order valence-electron chi connectivity index (χ3n) is 2.87. The van der Waals surface area contributed by atoms with Gasteiger partial charge < -0.3 is 4.74 Å². The minimum absolute atomic E-state index is 0.0708. The van der Waals surface area contributed by atoms with E-state index < -0.39 is 18.0 Å². The van der Waals surface area contributed by atoms with Crippen LogP contribution in [0.15, 0.2) is 34.3 Å². The first-order chi connectivity index (χ1) is 8.91. The van der Waals surface area contributed by atoms with Crippen molar-refractivity contribution in [1.82, 2.24) is 0 Å². The summed E-state index contributed by atoms with van der Waals surface area (Å²) < 4.78 is 4.99. The fourth-order valence-electron chi connectivity index (χ4n) is 1.78. The molecule has 0 amide bonds. The fraction of sp³-hybridized carbons (Fsp3) is 0.231. The number of carbonyl (C=O) groups excluding carboxylic acids is 2. The number of halogens is 3. The van der Waals surface area contributed by atoms with Gasteiger partial charge in [-0.1, -0.05) is 41.7 Å². The molecule has 1 heterocycles. The van der Waals surface area contributed by atoms with Gasteiger partial charge in [0.2, 0.25) is 0 Å². The van der Waals surface area contributed by atoms with Gasteiger partial charge in [0, 0.05) is 10.6 Å². The standard InChI is InChI=1S/C13H9Cl3O3/c1-6(12-9(15)10(16)13(18)19-12)11(17)7-2-4-8(14)5-3-7/h2-6,12H,1H3. The summed E-state index contributed by atoms with van der Waals surface area (Å²) in [6.45, 7) is 1.63. The summed E-state index contributed by atoms with van der Waals surface area (Å²) in [7, 11) is 0. The number of carbonyl (C=O) groups is 2. The molecule has 100 valence electrons. The number of Topliss-reactive ketones (excluding diaryl/α,β-unsaturated/α-hetero) is 1. The van der Waals surface area contributed by atoms with Gasteiger partial charge in [-0.25, -0.2) is 4.79 Å². The lowest BCUT2D eigenvalue weighted by atomic mass is 9.94. The highest BCUT2D eigenvalue weighted by Crippen LogP contribution is 2.34. The normalized spacial score (nSPS) is 20.4. The maximum absolute atomic E-state index is 12.2. The highest BCUT2D eigenvalue weighted by atomic mass is 35.5. The average molecular weight is 320 g/mol. The summed E-state index contributed by atoms with van der Waals surface area (Å²) in [5.41, 5.74) is 0.473. The first-order valence-electron chi connectivity index (χ1n) is 5.47. The molecule has 0 bridgehead atoms. The van der Waals surface area contributed by atoms with Gasteiger partial charge in [0.05, 0.1) is 11.0 Å². The van der Waals surface area contributed by atoms with Crippen molar-refractivity contribution >= 4 is 46.6 Å². The molecule has 1 aliphatic heterocycles. The maximum atomic E-state index is 12.2. The lowest BCUT2D eigenvalue weighted by Gasteiger charge is -2.17. The van der Waals surface area contributed by atoms with Crippen molar-refractivity contribution in [3.63, 3.8) is 0 Å². The van der Waals surface area contributed by atoms with Gasteiger partial charge in [0.1, 0.15) is 11.1 Å². The maximum Gasteiger partial charge on any atom is 0.351 e. The molecule has 6 heteroatoms. The van der Waals surface area contributed by atoms with Crippen molar-refractivity contribution in [2.45, 2.75) is 13.0 Å². The number of cyclic esters (lactones) is 1. The Morgan fingerprint density at radius 1 is 1.21 bits per heavy atom. The lowest BCUT2D eigenvalue weighted by Crippen LogP contribution is -2.27. The van der Waals surface area contributed by atoms with Crippen LogP contribution >= 0.6 is 34.8 Å². The second-order valence-electron chi connectivity index (χ2n) is 4.15. The summed E-state index contributed by atoms with van der Waals surface area (Å²) in [4.78, 5) is 23.5. The van der Waals surface area contributed by atoms with Gasteiger partial charge in [0.25, 0.3) is 0 Å². The molecule has 0 spiro atoms. The highest BCUT2D eigenvalue weighted by Gasteiger charge is 2.38. The van der Waals surface area contributed by atoms with Crippen LogP contribution in [0.1, 0.15) is 17.3 Å². The lowest BCUT2D eigenvalue weighted by molar-refractivity contribution is -0.140. The predicted octanol–water partition coefficient (Wildman–Crippen LogP) is 3.77. The van der Waals surface area contributed by atoms with E-state index in [4.69, 9.17) is 39.5 Å². The molecule has 1 aromatic rings. The molecule has 0 saturated heterocycles. The summed E-state index contributed by atoms with van der Waals surface area (Å²) >= 11 is 17.3. The first kappa shape index (κ1) is 14.4. The minimum atomic E-state index is -0.829. The van der Waals surface area contributed by atoms with Crippen molar-refractivity contribution in [3.8, 4) is 0 Å². The van der Waals surface area contributed by atoms with E-state index in [1.54, 1.807) is 31.2 Å². The molecule has 1 aliphatic rings. The van der Waals surface area contributed by atoms with Crippen molar-refractivity contribution < 1.29 is 14.3 Å². The molecule has 3 nitrogen and oxygen atoms in total. The third kappa shape index (κ3) is 2.78.